The van der Waals surface area contributed by atoms with E-state index in [-0.39, 0.29) is 18.6 Å². The first-order valence-corrected chi connectivity index (χ1v) is 7.39. The van der Waals surface area contributed by atoms with Crippen LogP contribution < -0.4 is 15.4 Å². The highest BCUT2D eigenvalue weighted by Gasteiger charge is 2.11. The highest BCUT2D eigenvalue weighted by molar-refractivity contribution is 5.77. The number of nitrogens with one attached hydrogen (secondary N) is 2. The van der Waals surface area contributed by atoms with Crippen LogP contribution in [0.2, 0.25) is 0 Å². The smallest absolute Gasteiger partial charge is 0.257 e. The van der Waals surface area contributed by atoms with Crippen LogP contribution in [0.1, 0.15) is 31.9 Å². The summed E-state index contributed by atoms with van der Waals surface area (Å²) in [6.45, 7) is 6.30. The molecule has 0 radical (unpaired) electrons. The van der Waals surface area contributed by atoms with Gasteiger partial charge in [0.1, 0.15) is 5.75 Å². The molecule has 0 aliphatic rings. The quantitative estimate of drug-likeness (QED) is 0.647. The normalized spacial score (nSPS) is 12.0. The molecule has 0 saturated heterocycles. The number of benzene rings is 1. The summed E-state index contributed by atoms with van der Waals surface area (Å²) in [6.07, 6.45) is 0.802. The van der Waals surface area contributed by atoms with Crippen LogP contribution >= 0.6 is 0 Å². The molecule has 2 N–H and O–H groups in total. The van der Waals surface area contributed by atoms with Gasteiger partial charge in [-0.05, 0) is 26.0 Å². The van der Waals surface area contributed by atoms with Crippen molar-refractivity contribution in [1.82, 2.24) is 10.6 Å². The highest BCUT2D eigenvalue weighted by atomic mass is 16.5. The van der Waals surface area contributed by atoms with Crippen LogP contribution in [-0.4, -0.2) is 39.3 Å². The van der Waals surface area contributed by atoms with Crippen LogP contribution in [0.5, 0.6) is 5.75 Å². The number of carbonyl (C=O) groups excluding carboxylic acids is 1. The van der Waals surface area contributed by atoms with Gasteiger partial charge in [-0.1, -0.05) is 25.1 Å². The molecule has 118 valence electrons. The summed E-state index contributed by atoms with van der Waals surface area (Å²) in [7, 11) is 1.65. The number of amides is 1. The second kappa shape index (κ2) is 10.2. The van der Waals surface area contributed by atoms with Gasteiger partial charge in [0.15, 0.2) is 6.61 Å². The Hall–Kier alpha value is -1.59. The Morgan fingerprint density at radius 3 is 2.81 bits per heavy atom. The van der Waals surface area contributed by atoms with Crippen molar-refractivity contribution < 1.29 is 14.3 Å². The van der Waals surface area contributed by atoms with Gasteiger partial charge < -0.3 is 20.1 Å². The van der Waals surface area contributed by atoms with Gasteiger partial charge in [0.2, 0.25) is 0 Å². The Morgan fingerprint density at radius 1 is 1.33 bits per heavy atom. The highest BCUT2D eigenvalue weighted by Crippen LogP contribution is 2.24. The Kier molecular flexibility index (Phi) is 8.47. The average Bonchev–Trinajstić information content (AvgIpc) is 2.50. The minimum atomic E-state index is -0.114. The van der Waals surface area contributed by atoms with Crippen molar-refractivity contribution in [3.05, 3.63) is 29.8 Å². The number of rotatable bonds is 10. The van der Waals surface area contributed by atoms with E-state index in [1.54, 1.807) is 7.11 Å². The van der Waals surface area contributed by atoms with Gasteiger partial charge in [-0.15, -0.1) is 0 Å². The molecule has 0 saturated carbocycles. The van der Waals surface area contributed by atoms with Crippen molar-refractivity contribution in [3.63, 3.8) is 0 Å². The van der Waals surface area contributed by atoms with Crippen molar-refractivity contribution in [3.8, 4) is 5.75 Å². The van der Waals surface area contributed by atoms with Crippen molar-refractivity contribution in [2.75, 3.05) is 33.4 Å². The predicted molar refractivity (Wildman–Crippen MR) is 83.5 cm³/mol. The number of hydrogen-bond acceptors (Lipinski definition) is 4. The number of ether oxygens (including phenoxy) is 2. The third kappa shape index (κ3) is 6.60. The SMILES string of the molecule is CCNC(C)c1ccccc1OCC(=O)NCCCOC. The van der Waals surface area contributed by atoms with E-state index in [4.69, 9.17) is 9.47 Å². The molecule has 1 aromatic carbocycles. The summed E-state index contributed by atoms with van der Waals surface area (Å²) in [6, 6.07) is 7.98. The molecule has 0 fully saturated rings. The lowest BCUT2D eigenvalue weighted by molar-refractivity contribution is -0.123. The van der Waals surface area contributed by atoms with Crippen LogP contribution in [-0.2, 0) is 9.53 Å². The van der Waals surface area contributed by atoms with E-state index in [0.717, 1.165) is 24.3 Å². The second-order valence-corrected chi connectivity index (χ2v) is 4.80. The van der Waals surface area contributed by atoms with E-state index < -0.39 is 0 Å². The zero-order valence-corrected chi connectivity index (χ0v) is 13.1. The Bertz CT molecular complexity index is 424. The first-order chi connectivity index (χ1) is 10.2. The van der Waals surface area contributed by atoms with Gasteiger partial charge in [-0.3, -0.25) is 4.79 Å². The van der Waals surface area contributed by atoms with Crippen LogP contribution in [0.4, 0.5) is 0 Å². The number of carbonyl (C=O) groups is 1. The van der Waals surface area contributed by atoms with E-state index in [0.29, 0.717) is 13.2 Å². The maximum absolute atomic E-state index is 11.7. The minimum absolute atomic E-state index is 0.0306. The summed E-state index contributed by atoms with van der Waals surface area (Å²) in [5.74, 6) is 0.634. The molecule has 1 rings (SSSR count). The average molecular weight is 294 g/mol. The number of para-hydroxylation sites is 1. The fraction of sp³-hybridized carbons (Fsp3) is 0.562. The number of hydrogen-bond donors (Lipinski definition) is 2. The molecule has 5 nitrogen and oxygen atoms in total. The van der Waals surface area contributed by atoms with Gasteiger partial charge in [0.05, 0.1) is 0 Å². The van der Waals surface area contributed by atoms with Gasteiger partial charge in [0, 0.05) is 31.9 Å². The molecule has 0 aromatic heterocycles. The summed E-state index contributed by atoms with van der Waals surface area (Å²) >= 11 is 0. The van der Waals surface area contributed by atoms with Crippen LogP contribution in [0.3, 0.4) is 0 Å². The van der Waals surface area contributed by atoms with E-state index >= 15 is 0 Å². The van der Waals surface area contributed by atoms with Crippen molar-refractivity contribution >= 4 is 5.91 Å². The lowest BCUT2D eigenvalue weighted by Gasteiger charge is -2.17. The molecule has 0 spiro atoms. The third-order valence-corrected chi connectivity index (χ3v) is 3.10. The van der Waals surface area contributed by atoms with Crippen molar-refractivity contribution in [1.29, 1.82) is 0 Å². The van der Waals surface area contributed by atoms with E-state index in [2.05, 4.69) is 24.5 Å². The maximum Gasteiger partial charge on any atom is 0.257 e. The van der Waals surface area contributed by atoms with Crippen LogP contribution in [0.15, 0.2) is 24.3 Å². The van der Waals surface area contributed by atoms with Gasteiger partial charge in [0.25, 0.3) is 5.91 Å². The molecular formula is C16H26N2O3. The molecule has 1 atom stereocenters. The number of methoxy groups -OCH3 is 1. The van der Waals surface area contributed by atoms with Crippen molar-refractivity contribution in [2.45, 2.75) is 26.3 Å². The summed E-state index contributed by atoms with van der Waals surface area (Å²) in [4.78, 5) is 11.7. The minimum Gasteiger partial charge on any atom is -0.483 e. The Labute approximate surface area is 127 Å². The summed E-state index contributed by atoms with van der Waals surface area (Å²) in [5.41, 5.74) is 1.06. The first kappa shape index (κ1) is 17.5. The van der Waals surface area contributed by atoms with E-state index in [9.17, 15) is 4.79 Å². The zero-order chi connectivity index (χ0) is 15.5. The summed E-state index contributed by atoms with van der Waals surface area (Å²) < 4.78 is 10.6. The molecule has 1 amide bonds. The van der Waals surface area contributed by atoms with Crippen LogP contribution in [0, 0.1) is 0 Å². The largest absolute Gasteiger partial charge is 0.483 e. The summed E-state index contributed by atoms with van der Waals surface area (Å²) in [5, 5.41) is 6.15. The van der Waals surface area contributed by atoms with Gasteiger partial charge in [-0.2, -0.15) is 0 Å². The first-order valence-electron chi connectivity index (χ1n) is 7.39. The van der Waals surface area contributed by atoms with E-state index in [1.807, 2.05) is 24.3 Å². The molecule has 1 unspecified atom stereocenters. The standard InChI is InChI=1S/C16H26N2O3/c1-4-17-13(2)14-8-5-6-9-15(14)21-12-16(19)18-10-7-11-20-3/h5-6,8-9,13,17H,4,7,10-12H2,1-3H3,(H,18,19). The Balaban J connectivity index is 2.45. The molecule has 21 heavy (non-hydrogen) atoms. The monoisotopic (exact) mass is 294 g/mol. The molecule has 0 aliphatic carbocycles. The molecular weight excluding hydrogens is 268 g/mol. The maximum atomic E-state index is 11.7. The molecule has 5 heteroatoms. The molecule has 0 aliphatic heterocycles. The third-order valence-electron chi connectivity index (χ3n) is 3.10. The van der Waals surface area contributed by atoms with Crippen LogP contribution in [0.25, 0.3) is 0 Å². The lowest BCUT2D eigenvalue weighted by Crippen LogP contribution is -2.30. The fourth-order valence-corrected chi connectivity index (χ4v) is 2.02. The Morgan fingerprint density at radius 2 is 2.10 bits per heavy atom. The zero-order valence-electron chi connectivity index (χ0n) is 13.1. The van der Waals surface area contributed by atoms with Gasteiger partial charge >= 0.3 is 0 Å². The molecule has 0 heterocycles. The molecule has 0 bridgehead atoms. The predicted octanol–water partition coefficient (Wildman–Crippen LogP) is 1.89. The second-order valence-electron chi connectivity index (χ2n) is 4.80. The van der Waals surface area contributed by atoms with E-state index in [1.165, 1.54) is 0 Å². The van der Waals surface area contributed by atoms with Crippen molar-refractivity contribution in [2.24, 2.45) is 0 Å². The van der Waals surface area contributed by atoms with Gasteiger partial charge in [-0.25, -0.2) is 0 Å². The lowest BCUT2D eigenvalue weighted by atomic mass is 10.1. The fourth-order valence-electron chi connectivity index (χ4n) is 2.02. The topological polar surface area (TPSA) is 59.6 Å². The molecule has 1 aromatic rings.